The van der Waals surface area contributed by atoms with Crippen molar-refractivity contribution in [2.45, 2.75) is 39.7 Å². The lowest BCUT2D eigenvalue weighted by Gasteiger charge is -2.19. The Morgan fingerprint density at radius 2 is 2.09 bits per heavy atom. The van der Waals surface area contributed by atoms with Crippen molar-refractivity contribution in [3.8, 4) is 5.69 Å². The van der Waals surface area contributed by atoms with Crippen LogP contribution in [0.25, 0.3) is 5.69 Å². The maximum Gasteiger partial charge on any atom is 0.407 e. The SMILES string of the molecule is Cc1cc(Br)cc(-n2cncc2CCNC(=O)OC(C)(C)C)c1. The summed E-state index contributed by atoms with van der Waals surface area (Å²) in [6, 6.07) is 6.20. The molecular formula is C17H22BrN3O2. The van der Waals surface area contributed by atoms with Crippen LogP contribution in [0.4, 0.5) is 4.79 Å². The van der Waals surface area contributed by atoms with Crippen LogP contribution in [-0.4, -0.2) is 27.8 Å². The Hall–Kier alpha value is -1.82. The van der Waals surface area contributed by atoms with Gasteiger partial charge in [-0.3, -0.25) is 0 Å². The Balaban J connectivity index is 2.00. The first-order chi connectivity index (χ1) is 10.7. The molecule has 1 heterocycles. The minimum Gasteiger partial charge on any atom is -0.444 e. The molecule has 1 aromatic heterocycles. The molecule has 0 spiro atoms. The van der Waals surface area contributed by atoms with Gasteiger partial charge in [-0.1, -0.05) is 15.9 Å². The molecule has 6 heteroatoms. The Morgan fingerprint density at radius 3 is 2.74 bits per heavy atom. The summed E-state index contributed by atoms with van der Waals surface area (Å²) in [5.74, 6) is 0. The maximum absolute atomic E-state index is 11.7. The van der Waals surface area contributed by atoms with Crippen LogP contribution >= 0.6 is 15.9 Å². The van der Waals surface area contributed by atoms with E-state index in [2.05, 4.69) is 45.3 Å². The molecule has 0 saturated carbocycles. The average Bonchev–Trinajstić information content (AvgIpc) is 2.83. The third-order valence-corrected chi connectivity index (χ3v) is 3.53. The Morgan fingerprint density at radius 1 is 1.35 bits per heavy atom. The summed E-state index contributed by atoms with van der Waals surface area (Å²) >= 11 is 3.52. The van der Waals surface area contributed by atoms with Crippen molar-refractivity contribution in [1.82, 2.24) is 14.9 Å². The third kappa shape index (κ3) is 5.39. The zero-order valence-electron chi connectivity index (χ0n) is 13.9. The molecule has 124 valence electrons. The lowest BCUT2D eigenvalue weighted by molar-refractivity contribution is 0.0528. The van der Waals surface area contributed by atoms with Gasteiger partial charge in [-0.2, -0.15) is 0 Å². The van der Waals surface area contributed by atoms with E-state index in [9.17, 15) is 4.79 Å². The van der Waals surface area contributed by atoms with Crippen molar-refractivity contribution >= 4 is 22.0 Å². The number of ether oxygens (including phenoxy) is 1. The normalized spacial score (nSPS) is 11.3. The number of hydrogen-bond donors (Lipinski definition) is 1. The molecule has 1 amide bonds. The van der Waals surface area contributed by atoms with Crippen LogP contribution in [0.2, 0.25) is 0 Å². The topological polar surface area (TPSA) is 56.2 Å². The quantitative estimate of drug-likeness (QED) is 0.872. The Bertz CT molecular complexity index is 669. The molecule has 5 nitrogen and oxygen atoms in total. The van der Waals surface area contributed by atoms with Crippen molar-refractivity contribution in [3.63, 3.8) is 0 Å². The van der Waals surface area contributed by atoms with Crippen LogP contribution < -0.4 is 5.32 Å². The second-order valence-electron chi connectivity index (χ2n) is 6.42. The fraction of sp³-hybridized carbons (Fsp3) is 0.412. The number of hydrogen-bond acceptors (Lipinski definition) is 3. The van der Waals surface area contributed by atoms with E-state index in [1.807, 2.05) is 37.6 Å². The molecular weight excluding hydrogens is 358 g/mol. The van der Waals surface area contributed by atoms with Gasteiger partial charge in [0, 0.05) is 35.0 Å². The highest BCUT2D eigenvalue weighted by molar-refractivity contribution is 9.10. The zero-order valence-corrected chi connectivity index (χ0v) is 15.5. The molecule has 1 aromatic carbocycles. The molecule has 0 aliphatic heterocycles. The summed E-state index contributed by atoms with van der Waals surface area (Å²) in [5, 5.41) is 2.77. The fourth-order valence-electron chi connectivity index (χ4n) is 2.20. The highest BCUT2D eigenvalue weighted by Gasteiger charge is 2.15. The van der Waals surface area contributed by atoms with Crippen molar-refractivity contribution < 1.29 is 9.53 Å². The van der Waals surface area contributed by atoms with Crippen LogP contribution in [0.15, 0.2) is 35.2 Å². The predicted molar refractivity (Wildman–Crippen MR) is 93.9 cm³/mol. The summed E-state index contributed by atoms with van der Waals surface area (Å²) in [7, 11) is 0. The van der Waals surface area contributed by atoms with Crippen LogP contribution in [0.5, 0.6) is 0 Å². The van der Waals surface area contributed by atoms with Crippen molar-refractivity contribution in [2.24, 2.45) is 0 Å². The van der Waals surface area contributed by atoms with Gasteiger partial charge < -0.3 is 14.6 Å². The number of carbonyl (C=O) groups is 1. The molecule has 0 atom stereocenters. The second kappa shape index (κ2) is 7.17. The van der Waals surface area contributed by atoms with Gasteiger partial charge in [-0.25, -0.2) is 9.78 Å². The molecule has 2 rings (SSSR count). The van der Waals surface area contributed by atoms with E-state index in [1.54, 1.807) is 6.33 Å². The fourth-order valence-corrected chi connectivity index (χ4v) is 2.80. The maximum atomic E-state index is 11.7. The Labute approximate surface area is 145 Å². The first-order valence-electron chi connectivity index (χ1n) is 7.50. The highest BCUT2D eigenvalue weighted by Crippen LogP contribution is 2.20. The van der Waals surface area contributed by atoms with E-state index >= 15 is 0 Å². The number of halogens is 1. The summed E-state index contributed by atoms with van der Waals surface area (Å²) in [5.41, 5.74) is 2.75. The number of alkyl carbamates (subject to hydrolysis) is 1. The number of rotatable bonds is 4. The van der Waals surface area contributed by atoms with E-state index in [-0.39, 0.29) is 0 Å². The number of amides is 1. The Kier molecular flexibility index (Phi) is 5.46. The number of nitrogens with zero attached hydrogens (tertiary/aromatic N) is 2. The minimum absolute atomic E-state index is 0.401. The number of nitrogens with one attached hydrogen (secondary N) is 1. The van der Waals surface area contributed by atoms with Gasteiger partial charge in [0.05, 0.1) is 6.33 Å². The molecule has 0 fully saturated rings. The number of imidazole rings is 1. The lowest BCUT2D eigenvalue weighted by atomic mass is 10.2. The van der Waals surface area contributed by atoms with Crippen molar-refractivity contribution in [1.29, 1.82) is 0 Å². The molecule has 2 aromatic rings. The highest BCUT2D eigenvalue weighted by atomic mass is 79.9. The van der Waals surface area contributed by atoms with Gasteiger partial charge in [0.2, 0.25) is 0 Å². The van der Waals surface area contributed by atoms with Gasteiger partial charge >= 0.3 is 6.09 Å². The summed E-state index contributed by atoms with van der Waals surface area (Å²) in [6.45, 7) is 8.08. The summed E-state index contributed by atoms with van der Waals surface area (Å²) in [4.78, 5) is 15.9. The van der Waals surface area contributed by atoms with Crippen LogP contribution in [0, 0.1) is 6.92 Å². The van der Waals surface area contributed by atoms with Crippen molar-refractivity contribution in [3.05, 3.63) is 46.5 Å². The molecule has 0 radical (unpaired) electrons. The van der Waals surface area contributed by atoms with E-state index in [1.165, 1.54) is 5.56 Å². The van der Waals surface area contributed by atoms with Crippen LogP contribution in [-0.2, 0) is 11.2 Å². The monoisotopic (exact) mass is 379 g/mol. The number of aryl methyl sites for hydroxylation is 1. The van der Waals surface area contributed by atoms with E-state index < -0.39 is 11.7 Å². The van der Waals surface area contributed by atoms with Gasteiger partial charge in [0.15, 0.2) is 0 Å². The first-order valence-corrected chi connectivity index (χ1v) is 8.29. The van der Waals surface area contributed by atoms with E-state index in [0.29, 0.717) is 13.0 Å². The number of benzene rings is 1. The van der Waals surface area contributed by atoms with Gasteiger partial charge in [-0.15, -0.1) is 0 Å². The van der Waals surface area contributed by atoms with Gasteiger partial charge in [-0.05, 0) is 51.5 Å². The number of carbonyl (C=O) groups excluding carboxylic acids is 1. The van der Waals surface area contributed by atoms with Crippen LogP contribution in [0.1, 0.15) is 32.0 Å². The van der Waals surface area contributed by atoms with Gasteiger partial charge in [0.25, 0.3) is 0 Å². The second-order valence-corrected chi connectivity index (χ2v) is 7.34. The minimum atomic E-state index is -0.486. The largest absolute Gasteiger partial charge is 0.444 e. The van der Waals surface area contributed by atoms with E-state index in [0.717, 1.165) is 15.9 Å². The van der Waals surface area contributed by atoms with Gasteiger partial charge in [0.1, 0.15) is 5.60 Å². The molecule has 23 heavy (non-hydrogen) atoms. The molecule has 0 bridgehead atoms. The summed E-state index contributed by atoms with van der Waals surface area (Å²) < 4.78 is 8.27. The lowest BCUT2D eigenvalue weighted by Crippen LogP contribution is -2.33. The molecule has 0 aliphatic rings. The predicted octanol–water partition coefficient (Wildman–Crippen LogP) is 4.01. The molecule has 0 aliphatic carbocycles. The molecule has 1 N–H and O–H groups in total. The zero-order chi connectivity index (χ0) is 17.0. The third-order valence-electron chi connectivity index (χ3n) is 3.07. The summed E-state index contributed by atoms with van der Waals surface area (Å²) in [6.07, 6.45) is 3.86. The number of aromatic nitrogens is 2. The first kappa shape index (κ1) is 17.5. The smallest absolute Gasteiger partial charge is 0.407 e. The molecule has 0 saturated heterocycles. The molecule has 0 unspecified atom stereocenters. The van der Waals surface area contributed by atoms with Crippen molar-refractivity contribution in [2.75, 3.05) is 6.54 Å². The standard InChI is InChI=1S/C17H22BrN3O2/c1-12-7-13(18)9-15(8-12)21-11-19-10-14(21)5-6-20-16(22)23-17(2,3)4/h7-11H,5-6H2,1-4H3,(H,20,22). The van der Waals surface area contributed by atoms with E-state index in [4.69, 9.17) is 4.74 Å². The van der Waals surface area contributed by atoms with Crippen LogP contribution in [0.3, 0.4) is 0 Å². The average molecular weight is 380 g/mol.